The zero-order chi connectivity index (χ0) is 14.9. The van der Waals surface area contributed by atoms with Gasteiger partial charge in [0.15, 0.2) is 0 Å². The van der Waals surface area contributed by atoms with Crippen molar-refractivity contribution >= 4 is 43.2 Å². The number of pyridine rings is 1. The summed E-state index contributed by atoms with van der Waals surface area (Å²) < 4.78 is 28.0. The molecular weight excluding hydrogens is 364 g/mol. The molecule has 0 amide bonds. The number of nitrogens with zero attached hydrogens (tertiary/aromatic N) is 1. The molecule has 20 heavy (non-hydrogen) atoms. The molecule has 0 radical (unpaired) electrons. The minimum Gasteiger partial charge on any atom is -0.280 e. The molecule has 0 saturated carbocycles. The molecule has 0 spiro atoms. The molecule has 0 aliphatic heterocycles. The topological polar surface area (TPSA) is 59.1 Å². The van der Waals surface area contributed by atoms with Crippen LogP contribution in [0, 0.1) is 13.8 Å². The lowest BCUT2D eigenvalue weighted by Crippen LogP contribution is -2.13. The minimum atomic E-state index is -3.67. The van der Waals surface area contributed by atoms with Gasteiger partial charge in [0.2, 0.25) is 0 Å². The van der Waals surface area contributed by atoms with E-state index in [-0.39, 0.29) is 10.0 Å². The van der Waals surface area contributed by atoms with Gasteiger partial charge in [-0.3, -0.25) is 4.72 Å². The summed E-state index contributed by atoms with van der Waals surface area (Å²) in [7, 11) is -3.67. The smallest absolute Gasteiger partial charge is 0.262 e. The maximum absolute atomic E-state index is 12.3. The second-order valence-corrected chi connectivity index (χ2v) is 7.21. The van der Waals surface area contributed by atoms with Crippen LogP contribution in [0.5, 0.6) is 0 Å². The quantitative estimate of drug-likeness (QED) is 0.827. The molecule has 4 nitrogen and oxygen atoms in total. The lowest BCUT2D eigenvalue weighted by atomic mass is 10.1. The molecule has 1 aromatic carbocycles. The highest BCUT2D eigenvalue weighted by molar-refractivity contribution is 9.10. The van der Waals surface area contributed by atoms with Gasteiger partial charge in [0.25, 0.3) is 10.0 Å². The molecule has 0 aliphatic carbocycles. The number of hydrogen-bond acceptors (Lipinski definition) is 3. The summed E-state index contributed by atoms with van der Waals surface area (Å²) in [5, 5.41) is 0.135. The lowest BCUT2D eigenvalue weighted by Gasteiger charge is -2.11. The average molecular weight is 376 g/mol. The van der Waals surface area contributed by atoms with Crippen LogP contribution in [0.4, 0.5) is 5.69 Å². The van der Waals surface area contributed by atoms with Crippen molar-refractivity contribution in [1.29, 1.82) is 0 Å². The van der Waals surface area contributed by atoms with Crippen molar-refractivity contribution in [3.05, 3.63) is 51.2 Å². The Morgan fingerprint density at radius 3 is 2.35 bits per heavy atom. The fourth-order valence-corrected chi connectivity index (χ4v) is 3.29. The summed E-state index contributed by atoms with van der Waals surface area (Å²) in [5.74, 6) is 0. The van der Waals surface area contributed by atoms with Crippen molar-refractivity contribution in [2.75, 3.05) is 4.72 Å². The highest BCUT2D eigenvalue weighted by Crippen LogP contribution is 2.26. The van der Waals surface area contributed by atoms with Crippen LogP contribution in [0.25, 0.3) is 0 Å². The first kappa shape index (κ1) is 15.3. The van der Waals surface area contributed by atoms with Gasteiger partial charge in [-0.05, 0) is 49.2 Å². The first-order chi connectivity index (χ1) is 9.29. The molecule has 7 heteroatoms. The summed E-state index contributed by atoms with van der Waals surface area (Å²) in [6.45, 7) is 3.80. The van der Waals surface area contributed by atoms with Crippen molar-refractivity contribution in [3.8, 4) is 0 Å². The number of hydrogen-bond donors (Lipinski definition) is 1. The molecule has 1 N–H and O–H groups in total. The largest absolute Gasteiger partial charge is 0.280 e. The summed E-state index contributed by atoms with van der Waals surface area (Å²) in [5.41, 5.74) is 2.42. The maximum atomic E-state index is 12.3. The number of anilines is 1. The Balaban J connectivity index is 2.38. The van der Waals surface area contributed by atoms with E-state index in [1.807, 2.05) is 13.8 Å². The van der Waals surface area contributed by atoms with Crippen LogP contribution >= 0.6 is 27.5 Å². The van der Waals surface area contributed by atoms with E-state index in [4.69, 9.17) is 11.6 Å². The number of aromatic nitrogens is 1. The first-order valence-corrected chi connectivity index (χ1v) is 8.36. The van der Waals surface area contributed by atoms with Crippen LogP contribution in [0.15, 0.2) is 39.8 Å². The first-order valence-electron chi connectivity index (χ1n) is 5.71. The third-order valence-electron chi connectivity index (χ3n) is 2.70. The second-order valence-electron chi connectivity index (χ2n) is 4.34. The monoisotopic (exact) mass is 374 g/mol. The van der Waals surface area contributed by atoms with E-state index in [0.29, 0.717) is 5.69 Å². The van der Waals surface area contributed by atoms with Crippen LogP contribution in [0.2, 0.25) is 5.15 Å². The van der Waals surface area contributed by atoms with E-state index >= 15 is 0 Å². The molecule has 1 aromatic heterocycles. The number of aryl methyl sites for hydroxylation is 2. The fraction of sp³-hybridized carbons (Fsp3) is 0.154. The van der Waals surface area contributed by atoms with Gasteiger partial charge in [-0.1, -0.05) is 27.5 Å². The van der Waals surface area contributed by atoms with Crippen molar-refractivity contribution in [3.63, 3.8) is 0 Å². The van der Waals surface area contributed by atoms with Gasteiger partial charge in [-0.2, -0.15) is 0 Å². The molecule has 0 bridgehead atoms. The van der Waals surface area contributed by atoms with E-state index < -0.39 is 10.0 Å². The van der Waals surface area contributed by atoms with Crippen LogP contribution in [0.1, 0.15) is 11.1 Å². The number of halogens is 2. The van der Waals surface area contributed by atoms with Crippen molar-refractivity contribution in [2.45, 2.75) is 18.7 Å². The minimum absolute atomic E-state index is 0.0794. The van der Waals surface area contributed by atoms with Crippen molar-refractivity contribution < 1.29 is 8.42 Å². The predicted octanol–water partition coefficient (Wildman–Crippen LogP) is 3.92. The molecule has 0 aliphatic rings. The Kier molecular flexibility index (Phi) is 4.36. The summed E-state index contributed by atoms with van der Waals surface area (Å²) in [6.07, 6.45) is 1.36. The molecule has 0 fully saturated rings. The summed E-state index contributed by atoms with van der Waals surface area (Å²) in [4.78, 5) is 3.85. The van der Waals surface area contributed by atoms with Gasteiger partial charge < -0.3 is 0 Å². The fourth-order valence-electron chi connectivity index (χ4n) is 1.77. The third-order valence-corrected chi connectivity index (χ3v) is 5.53. The molecule has 106 valence electrons. The van der Waals surface area contributed by atoms with E-state index in [9.17, 15) is 8.42 Å². The number of benzene rings is 1. The van der Waals surface area contributed by atoms with Gasteiger partial charge in [0.05, 0.1) is 4.90 Å². The van der Waals surface area contributed by atoms with Crippen molar-refractivity contribution in [1.82, 2.24) is 4.98 Å². The molecule has 0 atom stereocenters. The third kappa shape index (κ3) is 3.31. The Morgan fingerprint density at radius 2 is 1.80 bits per heavy atom. The molecule has 0 saturated heterocycles. The molecular formula is C13H12BrClN2O2S. The zero-order valence-electron chi connectivity index (χ0n) is 10.8. The Labute approximate surface area is 131 Å². The normalized spacial score (nSPS) is 11.4. The lowest BCUT2D eigenvalue weighted by molar-refractivity contribution is 0.601. The van der Waals surface area contributed by atoms with E-state index in [2.05, 4.69) is 25.6 Å². The second kappa shape index (κ2) is 5.71. The Morgan fingerprint density at radius 1 is 1.20 bits per heavy atom. The SMILES string of the molecule is Cc1cc(NS(=O)(=O)c2ccnc(Cl)c2)cc(C)c1Br. The molecule has 2 aromatic rings. The van der Waals surface area contributed by atoms with E-state index in [0.717, 1.165) is 15.6 Å². The average Bonchev–Trinajstić information content (AvgIpc) is 2.35. The maximum Gasteiger partial charge on any atom is 0.262 e. The Bertz CT molecular complexity index is 740. The van der Waals surface area contributed by atoms with Gasteiger partial charge in [0.1, 0.15) is 5.15 Å². The zero-order valence-corrected chi connectivity index (χ0v) is 14.0. The highest BCUT2D eigenvalue weighted by atomic mass is 79.9. The highest BCUT2D eigenvalue weighted by Gasteiger charge is 2.15. The van der Waals surface area contributed by atoms with Crippen LogP contribution in [-0.2, 0) is 10.0 Å². The predicted molar refractivity (Wildman–Crippen MR) is 83.7 cm³/mol. The van der Waals surface area contributed by atoms with Crippen LogP contribution in [0.3, 0.4) is 0 Å². The number of sulfonamides is 1. The number of nitrogens with one attached hydrogen (secondary N) is 1. The molecule has 1 heterocycles. The van der Waals surface area contributed by atoms with E-state index in [1.165, 1.54) is 18.3 Å². The van der Waals surface area contributed by atoms with Gasteiger partial charge in [-0.15, -0.1) is 0 Å². The summed E-state index contributed by atoms with van der Waals surface area (Å²) >= 11 is 9.16. The van der Waals surface area contributed by atoms with Gasteiger partial charge >= 0.3 is 0 Å². The van der Waals surface area contributed by atoms with E-state index in [1.54, 1.807) is 12.1 Å². The van der Waals surface area contributed by atoms with Gasteiger partial charge in [0, 0.05) is 16.4 Å². The number of rotatable bonds is 3. The van der Waals surface area contributed by atoms with Crippen LogP contribution in [-0.4, -0.2) is 13.4 Å². The molecule has 0 unspecified atom stereocenters. The van der Waals surface area contributed by atoms with Crippen molar-refractivity contribution in [2.24, 2.45) is 0 Å². The van der Waals surface area contributed by atoms with Crippen LogP contribution < -0.4 is 4.72 Å². The Hall–Kier alpha value is -1.11. The summed E-state index contributed by atoms with van der Waals surface area (Å²) in [6, 6.07) is 6.23. The standard InChI is InChI=1S/C13H12BrClN2O2S/c1-8-5-10(6-9(2)13(8)14)17-20(18,19)11-3-4-16-12(15)7-11/h3-7,17H,1-2H3. The van der Waals surface area contributed by atoms with Gasteiger partial charge in [-0.25, -0.2) is 13.4 Å². The molecule has 2 rings (SSSR count).